The van der Waals surface area contributed by atoms with Crippen molar-refractivity contribution in [3.8, 4) is 5.75 Å². The van der Waals surface area contributed by atoms with Gasteiger partial charge in [0, 0.05) is 56.9 Å². The lowest BCUT2D eigenvalue weighted by Gasteiger charge is -2.42. The minimum absolute atomic E-state index is 0.00597. The summed E-state index contributed by atoms with van der Waals surface area (Å²) in [6.07, 6.45) is -7.59. The summed E-state index contributed by atoms with van der Waals surface area (Å²) < 4.78 is 83.6. The van der Waals surface area contributed by atoms with Gasteiger partial charge in [0.15, 0.2) is 0 Å². The molecular weight excluding hydrogens is 1650 g/mol. The number of halogens is 3. The lowest BCUT2D eigenvalue weighted by molar-refractivity contribution is -0.147. The van der Waals surface area contributed by atoms with Gasteiger partial charge >= 0.3 is 18.3 Å². The van der Waals surface area contributed by atoms with Crippen LogP contribution in [0.2, 0.25) is 0 Å². The molecule has 0 aliphatic carbocycles. The van der Waals surface area contributed by atoms with E-state index in [0.717, 1.165) is 34.5 Å². The number of hydrogen-bond donors (Lipinski definition) is 9. The zero-order valence-corrected chi connectivity index (χ0v) is 74.5. The number of aliphatic hydroxyl groups is 2. The number of rotatable bonds is 50. The van der Waals surface area contributed by atoms with Crippen LogP contribution in [0, 0.1) is 29.6 Å². The summed E-state index contributed by atoms with van der Waals surface area (Å²) in [5, 5.41) is 39.7. The molecule has 0 radical (unpaired) electrons. The van der Waals surface area contributed by atoms with Crippen LogP contribution in [0.4, 0.5) is 34.1 Å². The van der Waals surface area contributed by atoms with E-state index in [2.05, 4.69) is 31.9 Å². The number of aliphatic hydroxyl groups excluding tert-OH is 2. The second kappa shape index (κ2) is 49.9. The highest BCUT2D eigenvalue weighted by molar-refractivity contribution is 8.08. The Morgan fingerprint density at radius 2 is 1.23 bits per heavy atom. The number of benzene rings is 5. The third-order valence-corrected chi connectivity index (χ3v) is 23.9. The van der Waals surface area contributed by atoms with Crippen molar-refractivity contribution in [2.45, 2.75) is 197 Å². The second-order valence-corrected chi connectivity index (χ2v) is 33.9. The molecule has 2 heterocycles. The number of ether oxygens (including phenoxy) is 7. The van der Waals surface area contributed by atoms with Crippen molar-refractivity contribution in [2.24, 2.45) is 35.3 Å². The molecule has 0 spiro atoms. The first-order valence-corrected chi connectivity index (χ1v) is 43.3. The predicted octanol–water partition coefficient (Wildman–Crippen LogP) is 10.2. The first-order chi connectivity index (χ1) is 59.0. The molecule has 11 amide bonds. The predicted molar refractivity (Wildman–Crippen MR) is 464 cm³/mol. The highest BCUT2D eigenvalue weighted by Gasteiger charge is 2.46. The topological polar surface area (TPSA) is 387 Å². The maximum atomic E-state index is 14.9. The summed E-state index contributed by atoms with van der Waals surface area (Å²) in [5.41, 5.74) is 5.26. The number of nitrogens with one attached hydrogen (secondary N) is 6. The van der Waals surface area contributed by atoms with E-state index in [1.54, 1.807) is 142 Å². The molecule has 13 atom stereocenters. The molecule has 0 bridgehead atoms. The quantitative estimate of drug-likeness (QED) is 0.00992. The molecule has 35 heteroatoms. The van der Waals surface area contributed by atoms with E-state index in [1.807, 2.05) is 59.7 Å². The fourth-order valence-corrected chi connectivity index (χ4v) is 16.8. The van der Waals surface area contributed by atoms with Gasteiger partial charge in [-0.3, -0.25) is 43.7 Å². The first-order valence-electron chi connectivity index (χ1n) is 41.7. The number of nitrogens with zero attached hydrogens (tertiary/aromatic N) is 4. The van der Waals surface area contributed by atoms with E-state index in [0.29, 0.717) is 58.5 Å². The molecular formula is C89H122F3N11O19S2. The second-order valence-electron chi connectivity index (χ2n) is 31.7. The van der Waals surface area contributed by atoms with E-state index >= 15 is 0 Å². The highest BCUT2D eigenvalue weighted by Crippen LogP contribution is 2.46. The average Bonchev–Trinajstić information content (AvgIpc) is 1.60. The molecule has 5 aromatic rings. The number of thioether (sulfide) groups is 2. The van der Waals surface area contributed by atoms with Crippen molar-refractivity contribution in [2.75, 3.05) is 97.9 Å². The van der Waals surface area contributed by atoms with E-state index < -0.39 is 150 Å². The summed E-state index contributed by atoms with van der Waals surface area (Å²) >= 11 is 2.09. The number of carbonyl (C=O) groups excluding carboxylic acids is 10. The van der Waals surface area contributed by atoms with E-state index in [4.69, 9.17) is 38.9 Å². The number of likely N-dealkylation sites (tertiary alicyclic amines) is 1. The molecule has 2 unspecified atom stereocenters. The number of primary amides is 1. The lowest BCUT2D eigenvalue weighted by atomic mass is 9.89. The number of likely N-dealkylation sites (N-methyl/N-ethyl adjacent to an activating group) is 2. The molecule has 2 aliphatic rings. The van der Waals surface area contributed by atoms with Crippen molar-refractivity contribution < 1.29 is 104 Å². The van der Waals surface area contributed by atoms with Gasteiger partial charge in [-0.15, -0.1) is 0 Å². The molecule has 124 heavy (non-hydrogen) atoms. The van der Waals surface area contributed by atoms with Gasteiger partial charge in [0.25, 0.3) is 11.8 Å². The number of amides is 11. The fourth-order valence-electron chi connectivity index (χ4n) is 14.8. The number of anilines is 2. The van der Waals surface area contributed by atoms with Gasteiger partial charge < -0.3 is 90.4 Å². The van der Waals surface area contributed by atoms with Gasteiger partial charge in [-0.2, -0.15) is 13.2 Å². The zero-order chi connectivity index (χ0) is 91.1. The van der Waals surface area contributed by atoms with E-state index in [9.17, 15) is 71.3 Å². The van der Waals surface area contributed by atoms with Crippen LogP contribution in [0.15, 0.2) is 153 Å². The Labute approximate surface area is 732 Å². The smallest absolute Gasteiger partial charge is 0.420 e. The summed E-state index contributed by atoms with van der Waals surface area (Å²) in [7, 11) is 6.14. The van der Waals surface area contributed by atoms with E-state index in [1.165, 1.54) is 32.2 Å². The third kappa shape index (κ3) is 29.5. The number of hydrogen-bond acceptors (Lipinski definition) is 22. The minimum Gasteiger partial charge on any atom is -0.491 e. The number of methoxy groups -OCH3 is 2. The number of imide groups is 1. The standard InChI is InChI=1S/C89H122F3N11O19S2/c1-15-56(8)75(69(116-13)50-71(105)102-42-26-34-67(102)77(117-14)57(9)80(107)95-58(10)76(106)60-27-19-16-20-28-60)100(11)84(111)73(54(4)5)99-83(110)74(55(6)7)101(12)88(115)122-51-59-35-37-61(38-36-59)96-81(108)66(33-25-41-94-87(93)114)97-82(109)72(53(2)3)98-70(104)52-120-46-45-118-43-44-119-47-48-121-68-40-39-62(49-65(68)89(90,91)92)103-85(112)78(123-63-29-21-17-22-30-63)79(86(103)113)124-64-31-23-18-24-32-64/h16-24,27-32,35-40,49,53-58,66-67,69,72-77,83,99,106,110H,15,25-26,33-34,41-48,50-52H2,1-14H3,(H,95,107)(H,96,108)(H,97,109)(H,98,104)(H3,93,94,114)/t56?,57-,58-,66+,67+,69-,72+,73+,74+,75+,76-,77-,83?/m1/s1. The molecule has 680 valence electrons. The Bertz CT molecular complexity index is 4270. The maximum Gasteiger partial charge on any atom is 0.420 e. The lowest BCUT2D eigenvalue weighted by Crippen LogP contribution is -2.61. The van der Waals surface area contributed by atoms with Crippen molar-refractivity contribution in [3.63, 3.8) is 0 Å². The molecule has 7 rings (SSSR count). The molecule has 0 saturated carbocycles. The molecule has 30 nitrogen and oxygen atoms in total. The average molecular weight is 1770 g/mol. The monoisotopic (exact) mass is 1770 g/mol. The third-order valence-electron chi connectivity index (χ3n) is 21.6. The van der Waals surface area contributed by atoms with Gasteiger partial charge in [-0.25, -0.2) is 14.5 Å². The SMILES string of the molecule is CCC(C)[C@@H]([C@@H](CC(=O)N1CCC[C@H]1[C@H](OC)[C@@H](C)C(=O)N[C@H](C)[C@@H](O)c1ccccc1)OC)N(C)C(=O)[C@@H](NC(O)[C@H](C(C)C)N(C)C(=O)OCc1ccc(NC(=O)[C@H](CCCNC(N)=O)NC(=O)[C@@H](NC(=O)COCCOCCOCCOc2ccc(N3C(=O)C(Sc4ccccc4)=C(Sc4ccccc4)C3=O)cc2C(F)(F)F)C(C)C)cc1)C(C)C. The number of alkyl halides is 3. The number of urea groups is 1. The maximum absolute atomic E-state index is 14.9. The van der Waals surface area contributed by atoms with Gasteiger partial charge in [0.05, 0.1) is 115 Å². The summed E-state index contributed by atoms with van der Waals surface area (Å²) in [6.45, 7) is 17.4. The zero-order valence-electron chi connectivity index (χ0n) is 72.9. The van der Waals surface area contributed by atoms with Crippen LogP contribution in [0.1, 0.15) is 131 Å². The minimum atomic E-state index is -4.94. The molecule has 1 saturated heterocycles. The Morgan fingerprint density at radius 1 is 0.653 bits per heavy atom. The fraction of sp³-hybridized carbons (Fsp3) is 0.528. The van der Waals surface area contributed by atoms with Gasteiger partial charge in [0.2, 0.25) is 35.4 Å². The molecule has 0 aromatic heterocycles. The van der Waals surface area contributed by atoms with Crippen LogP contribution in [0.5, 0.6) is 5.75 Å². The molecule has 5 aromatic carbocycles. The first kappa shape index (κ1) is 101. The van der Waals surface area contributed by atoms with Crippen LogP contribution in [0.3, 0.4) is 0 Å². The summed E-state index contributed by atoms with van der Waals surface area (Å²) in [5.74, 6) is -7.16. The number of carbonyl (C=O) groups is 10. The van der Waals surface area contributed by atoms with Crippen LogP contribution >= 0.6 is 23.5 Å². The molecule has 10 N–H and O–H groups in total. The van der Waals surface area contributed by atoms with Gasteiger partial charge in [0.1, 0.15) is 43.9 Å². The summed E-state index contributed by atoms with van der Waals surface area (Å²) in [6, 6.07) is 29.2. The summed E-state index contributed by atoms with van der Waals surface area (Å²) in [4.78, 5) is 144. The van der Waals surface area contributed by atoms with Crippen LogP contribution in [0.25, 0.3) is 0 Å². The van der Waals surface area contributed by atoms with Crippen molar-refractivity contribution in [1.29, 1.82) is 0 Å². The van der Waals surface area contributed by atoms with Gasteiger partial charge in [-0.05, 0) is 122 Å². The Kier molecular flexibility index (Phi) is 40.8. The molecule has 2 aliphatic heterocycles. The van der Waals surface area contributed by atoms with Gasteiger partial charge in [-0.1, -0.05) is 171 Å². The largest absolute Gasteiger partial charge is 0.491 e. The van der Waals surface area contributed by atoms with Crippen LogP contribution < -0.4 is 47.3 Å². The van der Waals surface area contributed by atoms with Crippen molar-refractivity contribution in [1.82, 2.24) is 41.3 Å². The van der Waals surface area contributed by atoms with E-state index in [-0.39, 0.29) is 117 Å². The normalized spacial score (nSPS) is 16.6. The molecule has 1 fully saturated rings. The Balaban J connectivity index is 0.848. The Hall–Kier alpha value is -9.69. The highest BCUT2D eigenvalue weighted by atomic mass is 32.2. The van der Waals surface area contributed by atoms with Crippen LogP contribution in [-0.4, -0.2) is 233 Å². The Morgan fingerprint density at radius 3 is 1.77 bits per heavy atom. The van der Waals surface area contributed by atoms with Crippen molar-refractivity contribution >= 4 is 94.3 Å². The number of nitrogens with two attached hydrogens (primary N) is 1. The van der Waals surface area contributed by atoms with Crippen molar-refractivity contribution in [3.05, 3.63) is 160 Å². The van der Waals surface area contributed by atoms with Crippen LogP contribution in [-0.2, 0) is 79.6 Å².